The smallest absolute Gasteiger partial charge is 1.00 e. The fraction of sp³-hybridized carbons (Fsp3) is 0. The minimum absolute atomic E-state index is 0. The standard InChI is InChI=1S/Ba.Mg.H2O4S.2H/c;;1-5(2,3)4;;/h;;(H2,1,2,3,4);;/q2*+2;;2*-1/p-2. The summed E-state index contributed by atoms with van der Waals surface area (Å²) in [6, 6.07) is 0. The van der Waals surface area contributed by atoms with Crippen LogP contribution in [0.5, 0.6) is 0 Å². The summed E-state index contributed by atoms with van der Waals surface area (Å²) in [6.07, 6.45) is 0. The van der Waals surface area contributed by atoms with Gasteiger partial charge in [-0.05, 0) is 0 Å². The van der Waals surface area contributed by atoms with Crippen LogP contribution in [0.4, 0.5) is 0 Å². The first-order chi connectivity index (χ1) is 2.00. The summed E-state index contributed by atoms with van der Waals surface area (Å²) in [4.78, 5) is 0. The summed E-state index contributed by atoms with van der Waals surface area (Å²) in [5.41, 5.74) is 0. The fourth-order valence-corrected chi connectivity index (χ4v) is 0. The van der Waals surface area contributed by atoms with Gasteiger partial charge in [0.05, 0.1) is 0 Å². The van der Waals surface area contributed by atoms with Crippen molar-refractivity contribution in [3.8, 4) is 0 Å². The molecule has 0 aromatic carbocycles. The Hall–Kier alpha value is 2.21. The van der Waals surface area contributed by atoms with Gasteiger partial charge in [0.2, 0.25) is 0 Å². The van der Waals surface area contributed by atoms with Crippen LogP contribution in [0.1, 0.15) is 2.85 Å². The van der Waals surface area contributed by atoms with Crippen LogP contribution in [0.15, 0.2) is 0 Å². The number of hydrogen-bond acceptors (Lipinski definition) is 4. The van der Waals surface area contributed by atoms with Crippen LogP contribution in [0, 0.1) is 0 Å². The van der Waals surface area contributed by atoms with Crippen LogP contribution in [0.25, 0.3) is 0 Å². The first-order valence-electron chi connectivity index (χ1n) is 0.667. The van der Waals surface area contributed by atoms with Gasteiger partial charge in [-0.15, -0.1) is 0 Å². The molecule has 0 saturated carbocycles. The van der Waals surface area contributed by atoms with Crippen molar-refractivity contribution in [1.82, 2.24) is 0 Å². The van der Waals surface area contributed by atoms with Gasteiger partial charge in [0, 0.05) is 10.4 Å². The van der Waals surface area contributed by atoms with Crippen molar-refractivity contribution >= 4 is 82.3 Å². The predicted molar refractivity (Wildman–Crippen MR) is 24.2 cm³/mol. The predicted octanol–water partition coefficient (Wildman–Crippen LogP) is -1.87. The Morgan fingerprint density at radius 2 is 1.29 bits per heavy atom. The van der Waals surface area contributed by atoms with Crippen LogP contribution >= 0.6 is 0 Å². The van der Waals surface area contributed by atoms with Gasteiger partial charge in [0.15, 0.2) is 0 Å². The van der Waals surface area contributed by atoms with E-state index in [0.717, 1.165) is 0 Å². The molecule has 0 aliphatic heterocycles. The van der Waals surface area contributed by atoms with Crippen molar-refractivity contribution in [3.05, 3.63) is 0 Å². The van der Waals surface area contributed by atoms with Crippen molar-refractivity contribution in [2.45, 2.75) is 0 Å². The summed E-state index contributed by atoms with van der Waals surface area (Å²) >= 11 is 0. The normalized spacial score (nSPS) is 8.29. The minimum Gasteiger partial charge on any atom is -1.00 e. The third kappa shape index (κ3) is 64.9. The molecule has 0 N–H and O–H groups in total. The van der Waals surface area contributed by atoms with Crippen LogP contribution in [0.3, 0.4) is 0 Å². The van der Waals surface area contributed by atoms with Crippen LogP contribution < -0.4 is 0 Å². The minimum atomic E-state index is -5.17. The van der Waals surface area contributed by atoms with Crippen LogP contribution in [-0.4, -0.2) is 89.5 Å². The molecule has 0 heterocycles. The van der Waals surface area contributed by atoms with Gasteiger partial charge in [0.1, 0.15) is 0 Å². The molecule has 0 aromatic heterocycles. The maximum atomic E-state index is 8.52. The molecule has 7 heteroatoms. The average Bonchev–Trinajstić information content (AvgIpc) is 0.722. The van der Waals surface area contributed by atoms with Gasteiger partial charge < -0.3 is 12.0 Å². The molecule has 0 amide bonds. The second-order valence-electron chi connectivity index (χ2n) is 0.408. The van der Waals surface area contributed by atoms with E-state index in [0.29, 0.717) is 0 Å². The number of rotatable bonds is 0. The Morgan fingerprint density at radius 1 is 1.29 bits per heavy atom. The van der Waals surface area contributed by atoms with Crippen molar-refractivity contribution in [1.29, 1.82) is 0 Å². The van der Waals surface area contributed by atoms with Gasteiger partial charge in [-0.3, -0.25) is 8.42 Å². The Labute approximate surface area is 101 Å². The zero-order chi connectivity index (χ0) is 4.50. The van der Waals surface area contributed by atoms with E-state index in [9.17, 15) is 0 Å². The van der Waals surface area contributed by atoms with E-state index in [4.69, 9.17) is 17.5 Å². The summed E-state index contributed by atoms with van der Waals surface area (Å²) in [6.45, 7) is 0. The van der Waals surface area contributed by atoms with Gasteiger partial charge in [-0.1, -0.05) is 0 Å². The second kappa shape index (κ2) is 6.33. The quantitative estimate of drug-likeness (QED) is 0.290. The monoisotopic (exact) mass is 260 g/mol. The Bertz CT molecular complexity index is 102. The van der Waals surface area contributed by atoms with E-state index in [2.05, 4.69) is 0 Å². The molecule has 0 aromatic rings. The molecule has 0 bridgehead atoms. The van der Waals surface area contributed by atoms with Crippen molar-refractivity contribution < 1.29 is 20.4 Å². The molecule has 0 aliphatic rings. The Balaban J connectivity index is -0.0000000133. The Kier molecular flexibility index (Phi) is 14.6. The average molecular weight is 260 g/mol. The molecule has 0 rings (SSSR count). The third-order valence-electron chi connectivity index (χ3n) is 0. The summed E-state index contributed by atoms with van der Waals surface area (Å²) in [5, 5.41) is 0. The van der Waals surface area contributed by atoms with E-state index >= 15 is 0 Å². The molecule has 0 saturated heterocycles. The molecule has 0 atom stereocenters. The molecule has 7 heavy (non-hydrogen) atoms. The van der Waals surface area contributed by atoms with E-state index in [1.165, 1.54) is 0 Å². The topological polar surface area (TPSA) is 80.3 Å². The largest absolute Gasteiger partial charge is 2.00 e. The van der Waals surface area contributed by atoms with E-state index in [1.807, 2.05) is 0 Å². The number of hydrogen-bond donors (Lipinski definition) is 0. The van der Waals surface area contributed by atoms with Gasteiger partial charge in [-0.25, -0.2) is 0 Å². The molecule has 0 radical (unpaired) electrons. The van der Waals surface area contributed by atoms with Crippen LogP contribution in [-0.2, 0) is 10.4 Å². The second-order valence-corrected chi connectivity index (χ2v) is 1.22. The maximum Gasteiger partial charge on any atom is 2.00 e. The molecule has 36 valence electrons. The van der Waals surface area contributed by atoms with E-state index in [-0.39, 0.29) is 74.8 Å². The first-order valence-corrected chi connectivity index (χ1v) is 2.00. The van der Waals surface area contributed by atoms with Gasteiger partial charge >= 0.3 is 71.9 Å². The molecular weight excluding hydrogens is 258 g/mol. The van der Waals surface area contributed by atoms with Crippen LogP contribution in [0.2, 0.25) is 0 Å². The molecule has 4 nitrogen and oxygen atoms in total. The van der Waals surface area contributed by atoms with Crippen molar-refractivity contribution in [2.75, 3.05) is 0 Å². The third-order valence-corrected chi connectivity index (χ3v) is 0. The first kappa shape index (κ1) is 16.1. The molecular formula is H2BaMgO4S. The van der Waals surface area contributed by atoms with Gasteiger partial charge in [0.25, 0.3) is 0 Å². The molecule has 0 unspecified atom stereocenters. The summed E-state index contributed by atoms with van der Waals surface area (Å²) < 4.78 is 34.1. The summed E-state index contributed by atoms with van der Waals surface area (Å²) in [7, 11) is -5.17. The Morgan fingerprint density at radius 3 is 1.29 bits per heavy atom. The molecule has 0 aliphatic carbocycles. The maximum absolute atomic E-state index is 8.52. The van der Waals surface area contributed by atoms with Gasteiger partial charge in [-0.2, -0.15) is 0 Å². The van der Waals surface area contributed by atoms with Crippen molar-refractivity contribution in [2.24, 2.45) is 0 Å². The van der Waals surface area contributed by atoms with Crippen molar-refractivity contribution in [3.63, 3.8) is 0 Å². The summed E-state index contributed by atoms with van der Waals surface area (Å²) in [5.74, 6) is 0. The zero-order valence-electron chi connectivity index (χ0n) is 5.46. The molecule has 0 spiro atoms. The van der Waals surface area contributed by atoms with E-state index in [1.54, 1.807) is 0 Å². The fourth-order valence-electron chi connectivity index (χ4n) is 0. The SMILES string of the molecule is O=S(=O)([O-])[O-].[Ba+2].[H-].[H-].[Mg+2]. The zero-order valence-corrected chi connectivity index (χ0v) is 10.1. The molecule has 0 fully saturated rings. The van der Waals surface area contributed by atoms with E-state index < -0.39 is 10.4 Å².